The van der Waals surface area contributed by atoms with E-state index in [1.807, 2.05) is 0 Å². The van der Waals surface area contributed by atoms with Crippen molar-refractivity contribution in [3.05, 3.63) is 33.0 Å². The molecule has 1 nitrogen and oxygen atoms in total. The standard InChI is InChI=1S/C10H11BrClFO/c1-6(14)2-3-7-4-5-8(11)9(12)10(7)13/h4-6,14H,2-3H2,1H3. The monoisotopic (exact) mass is 280 g/mol. The van der Waals surface area contributed by atoms with Gasteiger partial charge < -0.3 is 5.11 Å². The molecule has 0 aliphatic rings. The number of aliphatic hydroxyl groups is 1. The van der Waals surface area contributed by atoms with Gasteiger partial charge in [-0.05, 0) is 47.3 Å². The van der Waals surface area contributed by atoms with Gasteiger partial charge in [0.2, 0.25) is 0 Å². The van der Waals surface area contributed by atoms with E-state index in [0.29, 0.717) is 22.9 Å². The number of hydrogen-bond acceptors (Lipinski definition) is 1. The molecule has 0 fully saturated rings. The zero-order valence-corrected chi connectivity index (χ0v) is 10.1. The third kappa shape index (κ3) is 2.94. The Bertz CT molecular complexity index is 328. The van der Waals surface area contributed by atoms with Crippen LogP contribution in [0.2, 0.25) is 5.02 Å². The van der Waals surface area contributed by atoms with Crippen LogP contribution in [0.3, 0.4) is 0 Å². The second-order valence-corrected chi connectivity index (χ2v) is 4.45. The Morgan fingerprint density at radius 2 is 2.21 bits per heavy atom. The number of benzene rings is 1. The van der Waals surface area contributed by atoms with Gasteiger partial charge in [0.05, 0.1) is 11.1 Å². The van der Waals surface area contributed by atoms with Gasteiger partial charge in [-0.3, -0.25) is 0 Å². The first kappa shape index (κ1) is 12.0. The molecule has 0 saturated carbocycles. The Morgan fingerprint density at radius 1 is 1.57 bits per heavy atom. The number of halogens is 3. The molecular weight excluding hydrogens is 270 g/mol. The lowest BCUT2D eigenvalue weighted by atomic mass is 10.1. The number of aliphatic hydroxyl groups excluding tert-OH is 1. The SMILES string of the molecule is CC(O)CCc1ccc(Br)c(Cl)c1F. The Balaban J connectivity index is 2.83. The van der Waals surface area contributed by atoms with Gasteiger partial charge in [-0.1, -0.05) is 17.7 Å². The Hall–Kier alpha value is -0.120. The number of aryl methyl sites for hydroxylation is 1. The molecule has 0 amide bonds. The third-order valence-electron chi connectivity index (χ3n) is 1.95. The minimum atomic E-state index is -0.420. The molecule has 0 radical (unpaired) electrons. The van der Waals surface area contributed by atoms with Crippen molar-refractivity contribution in [2.75, 3.05) is 0 Å². The average molecular weight is 282 g/mol. The zero-order chi connectivity index (χ0) is 10.7. The van der Waals surface area contributed by atoms with E-state index in [0.717, 1.165) is 0 Å². The molecule has 0 saturated heterocycles. The van der Waals surface area contributed by atoms with Crippen LogP contribution in [0.25, 0.3) is 0 Å². The van der Waals surface area contributed by atoms with Crippen molar-refractivity contribution in [3.8, 4) is 0 Å². The summed E-state index contributed by atoms with van der Waals surface area (Å²) in [7, 11) is 0. The van der Waals surface area contributed by atoms with Gasteiger partial charge in [0.15, 0.2) is 0 Å². The second kappa shape index (κ2) is 5.10. The third-order valence-corrected chi connectivity index (χ3v) is 3.21. The van der Waals surface area contributed by atoms with E-state index in [2.05, 4.69) is 15.9 Å². The molecule has 0 aliphatic heterocycles. The molecule has 1 aromatic carbocycles. The molecule has 0 spiro atoms. The summed E-state index contributed by atoms with van der Waals surface area (Å²) in [4.78, 5) is 0. The maximum Gasteiger partial charge on any atom is 0.146 e. The lowest BCUT2D eigenvalue weighted by molar-refractivity contribution is 0.184. The highest BCUT2D eigenvalue weighted by atomic mass is 79.9. The lowest BCUT2D eigenvalue weighted by Crippen LogP contribution is -2.03. The van der Waals surface area contributed by atoms with Crippen molar-refractivity contribution in [2.45, 2.75) is 25.9 Å². The summed E-state index contributed by atoms with van der Waals surface area (Å²) in [5.41, 5.74) is 0.541. The summed E-state index contributed by atoms with van der Waals surface area (Å²) in [6.45, 7) is 1.68. The fraction of sp³-hybridized carbons (Fsp3) is 0.400. The van der Waals surface area contributed by atoms with Crippen molar-refractivity contribution in [1.82, 2.24) is 0 Å². The molecule has 78 valence electrons. The topological polar surface area (TPSA) is 20.2 Å². The van der Waals surface area contributed by atoms with Gasteiger partial charge in [0, 0.05) is 4.47 Å². The lowest BCUT2D eigenvalue weighted by Gasteiger charge is -2.07. The largest absolute Gasteiger partial charge is 0.393 e. The van der Waals surface area contributed by atoms with Crippen molar-refractivity contribution >= 4 is 27.5 Å². The number of hydrogen-bond donors (Lipinski definition) is 1. The molecule has 1 rings (SSSR count). The van der Waals surface area contributed by atoms with Crippen LogP contribution >= 0.6 is 27.5 Å². The van der Waals surface area contributed by atoms with Crippen LogP contribution in [-0.4, -0.2) is 11.2 Å². The van der Waals surface area contributed by atoms with Gasteiger partial charge in [0.1, 0.15) is 5.82 Å². The molecule has 0 heterocycles. The van der Waals surface area contributed by atoms with Crippen LogP contribution in [0, 0.1) is 5.82 Å². The Labute approximate surface area is 96.0 Å². The van der Waals surface area contributed by atoms with Gasteiger partial charge in [-0.2, -0.15) is 0 Å². The van der Waals surface area contributed by atoms with Crippen LogP contribution in [0.15, 0.2) is 16.6 Å². The second-order valence-electron chi connectivity index (χ2n) is 3.22. The first-order valence-electron chi connectivity index (χ1n) is 4.32. The van der Waals surface area contributed by atoms with Crippen molar-refractivity contribution < 1.29 is 9.50 Å². The fourth-order valence-corrected chi connectivity index (χ4v) is 1.61. The maximum absolute atomic E-state index is 13.5. The summed E-state index contributed by atoms with van der Waals surface area (Å²) in [6.07, 6.45) is 0.614. The molecule has 0 aliphatic carbocycles. The summed E-state index contributed by atoms with van der Waals surface area (Å²) >= 11 is 8.85. The van der Waals surface area contributed by atoms with Crippen LogP contribution in [0.4, 0.5) is 4.39 Å². The van der Waals surface area contributed by atoms with Crippen molar-refractivity contribution in [1.29, 1.82) is 0 Å². The van der Waals surface area contributed by atoms with Crippen LogP contribution in [0.1, 0.15) is 18.9 Å². The van der Waals surface area contributed by atoms with Crippen molar-refractivity contribution in [2.24, 2.45) is 0 Å². The summed E-state index contributed by atoms with van der Waals surface area (Å²) in [5.74, 6) is -0.401. The van der Waals surface area contributed by atoms with Gasteiger partial charge >= 0.3 is 0 Å². The highest BCUT2D eigenvalue weighted by Gasteiger charge is 2.10. The predicted octanol–water partition coefficient (Wildman–Crippen LogP) is 3.56. The molecule has 1 N–H and O–H groups in total. The maximum atomic E-state index is 13.5. The van der Waals surface area contributed by atoms with Gasteiger partial charge in [-0.15, -0.1) is 0 Å². The molecule has 0 bridgehead atoms. The summed E-state index contributed by atoms with van der Waals surface area (Å²) in [6, 6.07) is 3.39. The molecule has 1 aromatic rings. The smallest absolute Gasteiger partial charge is 0.146 e. The van der Waals surface area contributed by atoms with E-state index in [1.165, 1.54) is 0 Å². The van der Waals surface area contributed by atoms with E-state index >= 15 is 0 Å². The molecule has 14 heavy (non-hydrogen) atoms. The highest BCUT2D eigenvalue weighted by Crippen LogP contribution is 2.28. The first-order valence-corrected chi connectivity index (χ1v) is 5.50. The molecule has 1 unspecified atom stereocenters. The minimum absolute atomic E-state index is 0.105. The normalized spacial score (nSPS) is 12.9. The van der Waals surface area contributed by atoms with Crippen LogP contribution in [-0.2, 0) is 6.42 Å². The Kier molecular flexibility index (Phi) is 4.35. The first-order chi connectivity index (χ1) is 6.52. The summed E-state index contributed by atoms with van der Waals surface area (Å²) in [5, 5.41) is 9.17. The van der Waals surface area contributed by atoms with Gasteiger partial charge in [0.25, 0.3) is 0 Å². The zero-order valence-electron chi connectivity index (χ0n) is 7.73. The van der Waals surface area contributed by atoms with E-state index in [4.69, 9.17) is 16.7 Å². The Morgan fingerprint density at radius 3 is 2.79 bits per heavy atom. The van der Waals surface area contributed by atoms with Crippen LogP contribution in [0.5, 0.6) is 0 Å². The van der Waals surface area contributed by atoms with E-state index < -0.39 is 11.9 Å². The van der Waals surface area contributed by atoms with Crippen molar-refractivity contribution in [3.63, 3.8) is 0 Å². The van der Waals surface area contributed by atoms with Crippen LogP contribution < -0.4 is 0 Å². The van der Waals surface area contributed by atoms with Gasteiger partial charge in [-0.25, -0.2) is 4.39 Å². The molecule has 4 heteroatoms. The minimum Gasteiger partial charge on any atom is -0.393 e. The summed E-state index contributed by atoms with van der Waals surface area (Å²) < 4.78 is 14.0. The number of rotatable bonds is 3. The van der Waals surface area contributed by atoms with E-state index in [-0.39, 0.29) is 5.02 Å². The quantitative estimate of drug-likeness (QED) is 0.840. The molecule has 0 aromatic heterocycles. The molecular formula is C10H11BrClFO. The molecule has 1 atom stereocenters. The fourth-order valence-electron chi connectivity index (χ4n) is 1.12. The predicted molar refractivity (Wildman–Crippen MR) is 59.1 cm³/mol. The highest BCUT2D eigenvalue weighted by molar-refractivity contribution is 9.10. The van der Waals surface area contributed by atoms with E-state index in [1.54, 1.807) is 19.1 Å². The van der Waals surface area contributed by atoms with E-state index in [9.17, 15) is 4.39 Å². The average Bonchev–Trinajstić information content (AvgIpc) is 2.13.